The van der Waals surface area contributed by atoms with E-state index in [0.29, 0.717) is 15.9 Å². The summed E-state index contributed by atoms with van der Waals surface area (Å²) in [6.07, 6.45) is 0. The number of esters is 2. The zero-order valence-corrected chi connectivity index (χ0v) is 11.7. The number of ether oxygens (including phenoxy) is 2. The molecule has 0 unspecified atom stereocenters. The predicted octanol–water partition coefficient (Wildman–Crippen LogP) is 2.37. The molecule has 0 fully saturated rings. The molecule has 1 aromatic carbocycles. The van der Waals surface area contributed by atoms with E-state index in [2.05, 4.69) is 9.72 Å². The summed E-state index contributed by atoms with van der Waals surface area (Å²) in [6.45, 7) is 1.92. The van der Waals surface area contributed by atoms with Crippen molar-refractivity contribution in [2.45, 2.75) is 6.92 Å². The van der Waals surface area contributed by atoms with Crippen molar-refractivity contribution in [3.8, 4) is 0 Å². The van der Waals surface area contributed by atoms with Gasteiger partial charge in [-0.1, -0.05) is 11.6 Å². The number of benzene rings is 1. The minimum absolute atomic E-state index is 0.0790. The Labute approximate surface area is 119 Å². The molecule has 0 saturated carbocycles. The van der Waals surface area contributed by atoms with Crippen LogP contribution in [0.4, 0.5) is 5.69 Å². The first kappa shape index (κ1) is 14.2. The topological polar surface area (TPSA) is 94.4 Å². The van der Waals surface area contributed by atoms with Gasteiger partial charge in [0.15, 0.2) is 0 Å². The molecule has 2 rings (SSSR count). The van der Waals surface area contributed by atoms with Gasteiger partial charge in [0.2, 0.25) is 0 Å². The van der Waals surface area contributed by atoms with Crippen LogP contribution in [0.15, 0.2) is 12.1 Å². The van der Waals surface area contributed by atoms with E-state index < -0.39 is 11.9 Å². The molecule has 0 atom stereocenters. The number of aromatic nitrogens is 1. The van der Waals surface area contributed by atoms with Crippen molar-refractivity contribution in [3.63, 3.8) is 0 Å². The lowest BCUT2D eigenvalue weighted by atomic mass is 10.1. The van der Waals surface area contributed by atoms with Crippen molar-refractivity contribution < 1.29 is 19.1 Å². The molecule has 7 heteroatoms. The summed E-state index contributed by atoms with van der Waals surface area (Å²) < 4.78 is 9.58. The van der Waals surface area contributed by atoms with Gasteiger partial charge in [-0.05, 0) is 19.1 Å². The third-order valence-corrected chi connectivity index (χ3v) is 3.00. The monoisotopic (exact) mass is 296 g/mol. The fraction of sp³-hybridized carbons (Fsp3) is 0.231. The summed E-state index contributed by atoms with van der Waals surface area (Å²) >= 11 is 5.96. The maximum Gasteiger partial charge on any atom is 0.356 e. The maximum atomic E-state index is 11.9. The van der Waals surface area contributed by atoms with Gasteiger partial charge in [0.25, 0.3) is 0 Å². The molecule has 0 spiro atoms. The lowest BCUT2D eigenvalue weighted by molar-refractivity contribution is 0.0527. The number of hydrogen-bond acceptors (Lipinski definition) is 5. The Morgan fingerprint density at radius 3 is 2.65 bits per heavy atom. The van der Waals surface area contributed by atoms with Gasteiger partial charge in [0.1, 0.15) is 5.69 Å². The smallest absolute Gasteiger partial charge is 0.356 e. The maximum absolute atomic E-state index is 11.9. The minimum atomic E-state index is -0.621. The SMILES string of the molecule is CCOC(=O)c1cc(Cl)cc2[nH]c(C(=O)OC)c(N)c12. The molecule has 1 aromatic heterocycles. The highest BCUT2D eigenvalue weighted by Gasteiger charge is 2.22. The average Bonchev–Trinajstić information content (AvgIpc) is 2.74. The second-order valence-corrected chi connectivity index (χ2v) is 4.44. The van der Waals surface area contributed by atoms with E-state index in [-0.39, 0.29) is 23.6 Å². The third kappa shape index (κ3) is 2.30. The van der Waals surface area contributed by atoms with E-state index >= 15 is 0 Å². The highest BCUT2D eigenvalue weighted by atomic mass is 35.5. The van der Waals surface area contributed by atoms with Gasteiger partial charge < -0.3 is 20.2 Å². The van der Waals surface area contributed by atoms with Crippen LogP contribution in [-0.4, -0.2) is 30.6 Å². The molecule has 0 aliphatic heterocycles. The zero-order valence-electron chi connectivity index (χ0n) is 11.0. The fourth-order valence-corrected chi connectivity index (χ4v) is 2.17. The number of nitrogens with two attached hydrogens (primary N) is 1. The normalized spacial score (nSPS) is 10.6. The Kier molecular flexibility index (Phi) is 3.85. The number of nitrogen functional groups attached to an aromatic ring is 1. The summed E-state index contributed by atoms with van der Waals surface area (Å²) in [4.78, 5) is 26.4. The van der Waals surface area contributed by atoms with Crippen LogP contribution in [0.5, 0.6) is 0 Å². The average molecular weight is 297 g/mol. The molecule has 0 aliphatic carbocycles. The molecule has 0 bridgehead atoms. The second-order valence-electron chi connectivity index (χ2n) is 4.00. The van der Waals surface area contributed by atoms with Crippen LogP contribution in [0.2, 0.25) is 5.02 Å². The van der Waals surface area contributed by atoms with Crippen LogP contribution < -0.4 is 5.73 Å². The molecule has 0 saturated heterocycles. The number of methoxy groups -OCH3 is 1. The number of nitrogens with one attached hydrogen (secondary N) is 1. The lowest BCUT2D eigenvalue weighted by Crippen LogP contribution is -2.07. The third-order valence-electron chi connectivity index (χ3n) is 2.79. The first-order valence-electron chi connectivity index (χ1n) is 5.85. The second kappa shape index (κ2) is 5.42. The zero-order chi connectivity index (χ0) is 14.9. The van der Waals surface area contributed by atoms with E-state index in [1.807, 2.05) is 0 Å². The summed E-state index contributed by atoms with van der Waals surface area (Å²) in [5.41, 5.74) is 6.80. The van der Waals surface area contributed by atoms with Crippen molar-refractivity contribution in [1.29, 1.82) is 0 Å². The van der Waals surface area contributed by atoms with Gasteiger partial charge in [0.05, 0.1) is 30.5 Å². The van der Waals surface area contributed by atoms with Gasteiger partial charge in [-0.2, -0.15) is 0 Å². The number of carbonyl (C=O) groups excluding carboxylic acids is 2. The number of H-pyrrole nitrogens is 1. The standard InChI is InChI=1S/C13H13ClN2O4/c1-3-20-12(17)7-4-6(14)5-8-9(7)10(15)11(16-8)13(18)19-2/h4-5,16H,3,15H2,1-2H3. The molecule has 20 heavy (non-hydrogen) atoms. The van der Waals surface area contributed by atoms with Gasteiger partial charge in [0, 0.05) is 10.4 Å². The first-order chi connectivity index (χ1) is 9.49. The van der Waals surface area contributed by atoms with Gasteiger partial charge in [-0.25, -0.2) is 9.59 Å². The van der Waals surface area contributed by atoms with Crippen molar-refractivity contribution in [3.05, 3.63) is 28.4 Å². The Bertz CT molecular complexity index is 693. The quantitative estimate of drug-likeness (QED) is 0.848. The predicted molar refractivity (Wildman–Crippen MR) is 75.0 cm³/mol. The lowest BCUT2D eigenvalue weighted by Gasteiger charge is -2.05. The summed E-state index contributed by atoms with van der Waals surface area (Å²) in [5, 5.41) is 0.728. The van der Waals surface area contributed by atoms with Crippen LogP contribution >= 0.6 is 11.6 Å². The van der Waals surface area contributed by atoms with Crippen LogP contribution in [0.1, 0.15) is 27.8 Å². The van der Waals surface area contributed by atoms with Crippen LogP contribution in [0, 0.1) is 0 Å². The minimum Gasteiger partial charge on any atom is -0.464 e. The molecule has 106 valence electrons. The summed E-state index contributed by atoms with van der Waals surface area (Å²) in [5.74, 6) is -1.17. The molecule has 1 heterocycles. The molecule has 6 nitrogen and oxygen atoms in total. The molecule has 0 aliphatic rings. The van der Waals surface area contributed by atoms with Crippen LogP contribution in [-0.2, 0) is 9.47 Å². The number of hydrogen-bond donors (Lipinski definition) is 2. The van der Waals surface area contributed by atoms with Crippen molar-refractivity contribution in [2.75, 3.05) is 19.5 Å². The molecular weight excluding hydrogens is 284 g/mol. The number of rotatable bonds is 3. The highest BCUT2D eigenvalue weighted by Crippen LogP contribution is 2.32. The molecule has 2 aromatic rings. The Balaban J connectivity index is 2.72. The van der Waals surface area contributed by atoms with Crippen molar-refractivity contribution in [1.82, 2.24) is 4.98 Å². The summed E-state index contributed by atoms with van der Waals surface area (Å²) in [6, 6.07) is 3.02. The van der Waals surface area contributed by atoms with Crippen LogP contribution in [0.25, 0.3) is 10.9 Å². The van der Waals surface area contributed by atoms with Crippen LogP contribution in [0.3, 0.4) is 0 Å². The van der Waals surface area contributed by atoms with Crippen molar-refractivity contribution in [2.24, 2.45) is 0 Å². The summed E-state index contributed by atoms with van der Waals surface area (Å²) in [7, 11) is 1.24. The Hall–Kier alpha value is -2.21. The number of fused-ring (bicyclic) bond motifs is 1. The number of halogens is 1. The van der Waals surface area contributed by atoms with Gasteiger partial charge in [-0.15, -0.1) is 0 Å². The largest absolute Gasteiger partial charge is 0.464 e. The van der Waals surface area contributed by atoms with E-state index in [1.54, 1.807) is 13.0 Å². The molecule has 3 N–H and O–H groups in total. The fourth-order valence-electron chi connectivity index (χ4n) is 1.96. The number of anilines is 1. The molecule has 0 radical (unpaired) electrons. The Morgan fingerprint density at radius 2 is 2.05 bits per heavy atom. The Morgan fingerprint density at radius 1 is 1.35 bits per heavy atom. The van der Waals surface area contributed by atoms with E-state index in [0.717, 1.165) is 0 Å². The molecule has 0 amide bonds. The molecular formula is C13H13ClN2O4. The van der Waals surface area contributed by atoms with Gasteiger partial charge in [-0.3, -0.25) is 0 Å². The highest BCUT2D eigenvalue weighted by molar-refractivity contribution is 6.32. The van der Waals surface area contributed by atoms with E-state index in [1.165, 1.54) is 13.2 Å². The number of aromatic amines is 1. The van der Waals surface area contributed by atoms with Crippen molar-refractivity contribution >= 4 is 40.1 Å². The van der Waals surface area contributed by atoms with Gasteiger partial charge >= 0.3 is 11.9 Å². The van der Waals surface area contributed by atoms with E-state index in [4.69, 9.17) is 22.1 Å². The van der Waals surface area contributed by atoms with E-state index in [9.17, 15) is 9.59 Å². The first-order valence-corrected chi connectivity index (χ1v) is 6.23. The number of carbonyl (C=O) groups is 2.